The lowest BCUT2D eigenvalue weighted by Crippen LogP contribution is -2.47. The molecule has 174 valence electrons. The summed E-state index contributed by atoms with van der Waals surface area (Å²) < 4.78 is 33.1. The molecule has 1 N–H and O–H groups in total. The van der Waals surface area contributed by atoms with Crippen molar-refractivity contribution in [1.82, 2.24) is 14.5 Å². The Balaban J connectivity index is 1.62. The minimum atomic E-state index is -3.64. The van der Waals surface area contributed by atoms with E-state index in [9.17, 15) is 13.2 Å². The van der Waals surface area contributed by atoms with Crippen LogP contribution in [0.25, 0.3) is 0 Å². The van der Waals surface area contributed by atoms with E-state index in [0.717, 1.165) is 19.6 Å². The molecule has 2 aromatic rings. The van der Waals surface area contributed by atoms with Gasteiger partial charge >= 0.3 is 0 Å². The molecular weight excluding hydrogens is 426 g/mol. The topological polar surface area (TPSA) is 79.0 Å². The van der Waals surface area contributed by atoms with Gasteiger partial charge in [-0.25, -0.2) is 8.42 Å². The monoisotopic (exact) mass is 459 g/mol. The summed E-state index contributed by atoms with van der Waals surface area (Å²) in [5.74, 6) is -0.301. The summed E-state index contributed by atoms with van der Waals surface area (Å²) in [4.78, 5) is 15.3. The highest BCUT2D eigenvalue weighted by Gasteiger charge is 2.25. The van der Waals surface area contributed by atoms with Crippen LogP contribution >= 0.6 is 0 Å². The third kappa shape index (κ3) is 5.95. The molecular formula is C24H33N3O4S. The molecule has 32 heavy (non-hydrogen) atoms. The van der Waals surface area contributed by atoms with Gasteiger partial charge in [-0.15, -0.1) is 0 Å². The van der Waals surface area contributed by atoms with Gasteiger partial charge in [-0.2, -0.15) is 4.31 Å². The standard InChI is InChI=1S/C24H33N3O4S/c1-4-27(5-2)32(29,30)23-15-21(12-11-19(23)3)24(28)25-16-22-18-26(13-14-31-22)17-20-9-7-6-8-10-20/h6-12,15,22H,4-5,13-14,16-18H2,1-3H3,(H,25,28). The van der Waals surface area contributed by atoms with Gasteiger partial charge in [-0.1, -0.05) is 50.2 Å². The SMILES string of the molecule is CCN(CC)S(=O)(=O)c1cc(C(=O)NCC2CN(Cc3ccccc3)CCO2)ccc1C. The Hall–Kier alpha value is -2.26. The average molecular weight is 460 g/mol. The lowest BCUT2D eigenvalue weighted by molar-refractivity contribution is -0.0292. The van der Waals surface area contributed by atoms with Crippen molar-refractivity contribution in [2.24, 2.45) is 0 Å². The molecule has 8 heteroatoms. The molecule has 0 radical (unpaired) electrons. The molecule has 1 fully saturated rings. The molecule has 1 unspecified atom stereocenters. The van der Waals surface area contributed by atoms with Crippen molar-refractivity contribution in [3.8, 4) is 0 Å². The molecule has 2 aromatic carbocycles. The predicted octanol–water partition coefficient (Wildman–Crippen LogP) is 2.66. The van der Waals surface area contributed by atoms with Gasteiger partial charge in [0, 0.05) is 44.8 Å². The second-order valence-corrected chi connectivity index (χ2v) is 9.90. The molecule has 0 aliphatic carbocycles. The number of nitrogens with zero attached hydrogens (tertiary/aromatic N) is 2. The lowest BCUT2D eigenvalue weighted by atomic mass is 10.1. The maximum Gasteiger partial charge on any atom is 0.251 e. The number of morpholine rings is 1. The van der Waals surface area contributed by atoms with E-state index in [0.29, 0.717) is 37.4 Å². The molecule has 0 saturated carbocycles. The van der Waals surface area contributed by atoms with Crippen LogP contribution in [0.5, 0.6) is 0 Å². The summed E-state index contributed by atoms with van der Waals surface area (Å²) in [6.07, 6.45) is -0.110. The van der Waals surface area contributed by atoms with Gasteiger partial charge < -0.3 is 10.1 Å². The van der Waals surface area contributed by atoms with E-state index >= 15 is 0 Å². The van der Waals surface area contributed by atoms with Gasteiger partial charge in [-0.05, 0) is 30.2 Å². The van der Waals surface area contributed by atoms with Crippen LogP contribution in [0.3, 0.4) is 0 Å². The van der Waals surface area contributed by atoms with Gasteiger partial charge in [-0.3, -0.25) is 9.69 Å². The van der Waals surface area contributed by atoms with E-state index in [1.54, 1.807) is 32.9 Å². The van der Waals surface area contributed by atoms with Crippen LogP contribution in [0.15, 0.2) is 53.4 Å². The fourth-order valence-electron chi connectivity index (χ4n) is 3.92. The number of hydrogen-bond acceptors (Lipinski definition) is 5. The Morgan fingerprint density at radius 3 is 2.56 bits per heavy atom. The van der Waals surface area contributed by atoms with E-state index in [2.05, 4.69) is 22.3 Å². The van der Waals surface area contributed by atoms with Crippen LogP contribution in [0.1, 0.15) is 35.3 Å². The molecule has 1 amide bonds. The van der Waals surface area contributed by atoms with Gasteiger partial charge in [0.1, 0.15) is 0 Å². The number of carbonyl (C=O) groups is 1. The first-order valence-corrected chi connectivity index (χ1v) is 12.6. The molecule has 1 atom stereocenters. The Morgan fingerprint density at radius 2 is 1.88 bits per heavy atom. The number of aryl methyl sites for hydroxylation is 1. The second kappa shape index (κ2) is 11.0. The van der Waals surface area contributed by atoms with Crippen LogP contribution in [-0.2, 0) is 21.3 Å². The molecule has 1 aliphatic rings. The summed E-state index contributed by atoms with van der Waals surface area (Å²) in [7, 11) is -3.64. The van der Waals surface area contributed by atoms with E-state index in [1.165, 1.54) is 15.9 Å². The maximum absolute atomic E-state index is 13.0. The fourth-order valence-corrected chi connectivity index (χ4v) is 5.63. The number of amides is 1. The highest BCUT2D eigenvalue weighted by Crippen LogP contribution is 2.21. The number of ether oxygens (including phenoxy) is 1. The summed E-state index contributed by atoms with van der Waals surface area (Å²) in [6.45, 7) is 9.53. The van der Waals surface area contributed by atoms with E-state index in [-0.39, 0.29) is 16.9 Å². The molecule has 0 spiro atoms. The molecule has 7 nitrogen and oxygen atoms in total. The van der Waals surface area contributed by atoms with Crippen molar-refractivity contribution in [3.63, 3.8) is 0 Å². The Morgan fingerprint density at radius 1 is 1.16 bits per heavy atom. The zero-order chi connectivity index (χ0) is 23.1. The van der Waals surface area contributed by atoms with Gasteiger partial charge in [0.2, 0.25) is 10.0 Å². The molecule has 0 aromatic heterocycles. The number of benzene rings is 2. The Kier molecular flexibility index (Phi) is 8.42. The molecule has 0 bridgehead atoms. The lowest BCUT2D eigenvalue weighted by Gasteiger charge is -2.33. The van der Waals surface area contributed by atoms with E-state index in [1.807, 2.05) is 18.2 Å². The van der Waals surface area contributed by atoms with Crippen molar-refractivity contribution < 1.29 is 17.9 Å². The van der Waals surface area contributed by atoms with Crippen LogP contribution in [0.2, 0.25) is 0 Å². The number of carbonyl (C=O) groups excluding carboxylic acids is 1. The summed E-state index contributed by atoms with van der Waals surface area (Å²) >= 11 is 0. The average Bonchev–Trinajstić information content (AvgIpc) is 2.79. The molecule has 3 rings (SSSR count). The van der Waals surface area contributed by atoms with Crippen molar-refractivity contribution in [1.29, 1.82) is 0 Å². The van der Waals surface area contributed by atoms with Crippen molar-refractivity contribution >= 4 is 15.9 Å². The third-order valence-corrected chi connectivity index (χ3v) is 7.93. The summed E-state index contributed by atoms with van der Waals surface area (Å²) in [6, 6.07) is 15.1. The number of sulfonamides is 1. The second-order valence-electron chi connectivity index (χ2n) is 7.99. The highest BCUT2D eigenvalue weighted by atomic mass is 32.2. The van der Waals surface area contributed by atoms with Gasteiger partial charge in [0.25, 0.3) is 5.91 Å². The van der Waals surface area contributed by atoms with Crippen molar-refractivity contribution in [3.05, 3.63) is 65.2 Å². The normalized spacial score (nSPS) is 17.4. The number of hydrogen-bond donors (Lipinski definition) is 1. The summed E-state index contributed by atoms with van der Waals surface area (Å²) in [5.41, 5.74) is 2.21. The van der Waals surface area contributed by atoms with Crippen molar-refractivity contribution in [2.75, 3.05) is 39.3 Å². The predicted molar refractivity (Wildman–Crippen MR) is 125 cm³/mol. The van der Waals surface area contributed by atoms with E-state index in [4.69, 9.17) is 4.74 Å². The zero-order valence-electron chi connectivity index (χ0n) is 19.1. The number of nitrogens with one attached hydrogen (secondary N) is 1. The fraction of sp³-hybridized carbons (Fsp3) is 0.458. The highest BCUT2D eigenvalue weighted by molar-refractivity contribution is 7.89. The first kappa shape index (κ1) is 24.4. The van der Waals surface area contributed by atoms with E-state index < -0.39 is 10.0 Å². The van der Waals surface area contributed by atoms with Gasteiger partial charge in [0.05, 0.1) is 17.6 Å². The zero-order valence-corrected chi connectivity index (χ0v) is 19.9. The first-order chi connectivity index (χ1) is 15.3. The smallest absolute Gasteiger partial charge is 0.251 e. The molecule has 1 heterocycles. The maximum atomic E-state index is 13.0. The quantitative estimate of drug-likeness (QED) is 0.624. The van der Waals surface area contributed by atoms with Gasteiger partial charge in [0.15, 0.2) is 0 Å². The van der Waals surface area contributed by atoms with Crippen LogP contribution in [0, 0.1) is 6.92 Å². The largest absolute Gasteiger partial charge is 0.374 e. The third-order valence-electron chi connectivity index (χ3n) is 5.74. The van der Waals surface area contributed by atoms with Crippen LogP contribution in [0.4, 0.5) is 0 Å². The first-order valence-electron chi connectivity index (χ1n) is 11.1. The molecule has 1 saturated heterocycles. The Labute approximate surface area is 191 Å². The minimum Gasteiger partial charge on any atom is -0.374 e. The summed E-state index contributed by atoms with van der Waals surface area (Å²) in [5, 5.41) is 2.91. The Bertz CT molecular complexity index is 1010. The number of rotatable bonds is 9. The van der Waals surface area contributed by atoms with Crippen molar-refractivity contribution in [2.45, 2.75) is 38.3 Å². The minimum absolute atomic E-state index is 0.110. The van der Waals surface area contributed by atoms with Crippen LogP contribution in [-0.4, -0.2) is 69.0 Å². The van der Waals surface area contributed by atoms with Crippen LogP contribution < -0.4 is 5.32 Å². The molecule has 1 aliphatic heterocycles.